The molecule has 0 aliphatic heterocycles. The number of carbonyl (C=O) groups excluding carboxylic acids is 3. The summed E-state index contributed by atoms with van der Waals surface area (Å²) < 4.78 is 11.0. The van der Waals surface area contributed by atoms with Crippen molar-refractivity contribution in [2.75, 3.05) is 30.4 Å². The lowest BCUT2D eigenvalue weighted by atomic mass is 10.1. The van der Waals surface area contributed by atoms with E-state index in [-0.39, 0.29) is 36.0 Å². The second-order valence-electron chi connectivity index (χ2n) is 8.94. The van der Waals surface area contributed by atoms with E-state index in [1.54, 1.807) is 37.3 Å². The molecule has 41 heavy (non-hydrogen) atoms. The van der Waals surface area contributed by atoms with Crippen molar-refractivity contribution < 1.29 is 23.9 Å². The average molecular weight is 595 g/mol. The molecule has 4 rings (SSSR count). The molecule has 2 N–H and O–H groups in total. The topological polar surface area (TPSA) is 110 Å². The van der Waals surface area contributed by atoms with Crippen LogP contribution in [-0.2, 0) is 16.1 Å². The number of para-hydroxylation sites is 2. The number of hydrogen-bond donors (Lipinski definition) is 2. The van der Waals surface area contributed by atoms with Gasteiger partial charge in [0, 0.05) is 23.0 Å². The molecule has 9 nitrogen and oxygen atoms in total. The van der Waals surface area contributed by atoms with Crippen molar-refractivity contribution in [1.82, 2.24) is 10.3 Å². The van der Waals surface area contributed by atoms with Crippen LogP contribution in [0.5, 0.6) is 5.75 Å². The summed E-state index contributed by atoms with van der Waals surface area (Å²) in [6, 6.07) is 18.6. The lowest BCUT2D eigenvalue weighted by Gasteiger charge is -2.21. The number of aromatic nitrogens is 1. The highest BCUT2D eigenvalue weighted by Crippen LogP contribution is 2.35. The number of nitrogens with one attached hydrogen (secondary N) is 2. The molecule has 0 saturated carbocycles. The summed E-state index contributed by atoms with van der Waals surface area (Å²) in [7, 11) is 1.54. The number of ether oxygens (including phenoxy) is 2. The number of rotatable bonds is 9. The first-order chi connectivity index (χ1) is 19.7. The van der Waals surface area contributed by atoms with Crippen LogP contribution in [0.4, 0.5) is 16.2 Å². The molecule has 0 unspecified atom stereocenters. The maximum Gasteiger partial charge on any atom is 0.340 e. The van der Waals surface area contributed by atoms with Gasteiger partial charge in [-0.2, -0.15) is 0 Å². The van der Waals surface area contributed by atoms with Crippen LogP contribution in [-0.4, -0.2) is 43.1 Å². The Balaban J connectivity index is 1.41. The zero-order chi connectivity index (χ0) is 29.5. The minimum absolute atomic E-state index is 0.0505. The fourth-order valence-corrected chi connectivity index (χ4v) is 4.63. The molecule has 0 aliphatic rings. The number of nitrogens with zero attached hydrogens (tertiary/aromatic N) is 2. The molecule has 1 aromatic heterocycles. The molecule has 4 aromatic rings. The lowest BCUT2D eigenvalue weighted by molar-refractivity contribution is -0.117. The Bertz CT molecular complexity index is 1610. The highest BCUT2D eigenvalue weighted by atomic mass is 35.5. The van der Waals surface area contributed by atoms with Gasteiger partial charge < -0.3 is 25.0 Å². The van der Waals surface area contributed by atoms with Gasteiger partial charge >= 0.3 is 12.0 Å². The maximum absolute atomic E-state index is 12.9. The number of anilines is 2. The number of fused-ring (bicyclic) bond motifs is 1. The zero-order valence-electron chi connectivity index (χ0n) is 22.7. The van der Waals surface area contributed by atoms with E-state index in [4.69, 9.17) is 32.7 Å². The predicted molar refractivity (Wildman–Crippen MR) is 160 cm³/mol. The van der Waals surface area contributed by atoms with Gasteiger partial charge in [-0.05, 0) is 50.2 Å². The number of halogens is 2. The summed E-state index contributed by atoms with van der Waals surface area (Å²) >= 11 is 13.1. The van der Waals surface area contributed by atoms with E-state index in [9.17, 15) is 14.4 Å². The molecule has 3 amide bonds. The molecule has 0 spiro atoms. The van der Waals surface area contributed by atoms with Gasteiger partial charge in [-0.25, -0.2) is 14.6 Å². The number of aryl methyl sites for hydroxylation is 1. The van der Waals surface area contributed by atoms with E-state index in [0.29, 0.717) is 27.7 Å². The maximum atomic E-state index is 12.9. The van der Waals surface area contributed by atoms with Crippen LogP contribution in [0.1, 0.15) is 28.5 Å². The van der Waals surface area contributed by atoms with Gasteiger partial charge in [-0.1, -0.05) is 53.5 Å². The Morgan fingerprint density at radius 3 is 2.51 bits per heavy atom. The molecule has 0 radical (unpaired) electrons. The van der Waals surface area contributed by atoms with Crippen molar-refractivity contribution in [3.63, 3.8) is 0 Å². The van der Waals surface area contributed by atoms with Crippen LogP contribution in [0, 0.1) is 6.92 Å². The summed E-state index contributed by atoms with van der Waals surface area (Å²) in [5.41, 5.74) is 2.92. The quantitative estimate of drug-likeness (QED) is 0.217. The number of benzene rings is 3. The van der Waals surface area contributed by atoms with Crippen molar-refractivity contribution in [3.05, 3.63) is 93.6 Å². The van der Waals surface area contributed by atoms with Gasteiger partial charge in [-0.3, -0.25) is 4.79 Å². The van der Waals surface area contributed by atoms with E-state index < -0.39 is 17.9 Å². The van der Waals surface area contributed by atoms with E-state index in [1.165, 1.54) is 18.0 Å². The minimum atomic E-state index is -0.667. The van der Waals surface area contributed by atoms with Gasteiger partial charge in [0.15, 0.2) is 0 Å². The molecule has 212 valence electrons. The van der Waals surface area contributed by atoms with Gasteiger partial charge in [0.2, 0.25) is 5.91 Å². The Hall–Kier alpha value is -4.34. The highest BCUT2D eigenvalue weighted by molar-refractivity contribution is 6.38. The first-order valence-electron chi connectivity index (χ1n) is 12.7. The third kappa shape index (κ3) is 7.06. The number of amides is 3. The first-order valence-corrected chi connectivity index (χ1v) is 13.5. The molecule has 1 heterocycles. The predicted octanol–water partition coefficient (Wildman–Crippen LogP) is 6.39. The first kappa shape index (κ1) is 29.6. The summed E-state index contributed by atoms with van der Waals surface area (Å²) in [5.74, 6) is -0.418. The Kier molecular flexibility index (Phi) is 9.65. The van der Waals surface area contributed by atoms with Crippen LogP contribution in [0.25, 0.3) is 10.9 Å². The van der Waals surface area contributed by atoms with Crippen molar-refractivity contribution in [3.8, 4) is 5.75 Å². The fourth-order valence-electron chi connectivity index (χ4n) is 4.02. The van der Waals surface area contributed by atoms with E-state index in [0.717, 1.165) is 10.9 Å². The molecular formula is C30H28Cl2N4O5. The lowest BCUT2D eigenvalue weighted by Crippen LogP contribution is -2.40. The van der Waals surface area contributed by atoms with Crippen molar-refractivity contribution in [2.24, 2.45) is 0 Å². The standard InChI is InChI=1S/C30H28Cl2N4O5/c1-4-40-29(38)20-10-6-8-12-24(20)35-30(39)33-16-27(37)36(3)25-14-13-22(31)21(28(25)32)17-41-26-15-19-9-5-7-11-23(19)34-18(26)2/h5-15H,4,16-17H2,1-3H3,(H2,33,35,39). The van der Waals surface area contributed by atoms with Crippen LogP contribution in [0.3, 0.4) is 0 Å². The third-order valence-electron chi connectivity index (χ3n) is 6.21. The van der Waals surface area contributed by atoms with Gasteiger partial charge in [-0.15, -0.1) is 0 Å². The summed E-state index contributed by atoms with van der Waals surface area (Å²) in [4.78, 5) is 43.5. The summed E-state index contributed by atoms with van der Waals surface area (Å²) in [6.07, 6.45) is 0. The molecule has 3 aromatic carbocycles. The van der Waals surface area contributed by atoms with Crippen LogP contribution >= 0.6 is 23.2 Å². The number of hydrogen-bond acceptors (Lipinski definition) is 6. The van der Waals surface area contributed by atoms with Crippen LogP contribution in [0.2, 0.25) is 10.0 Å². The molecule has 0 atom stereocenters. The van der Waals surface area contributed by atoms with E-state index in [2.05, 4.69) is 15.6 Å². The molecule has 0 saturated heterocycles. The Labute approximate surface area is 247 Å². The van der Waals surface area contributed by atoms with Gasteiger partial charge in [0.25, 0.3) is 0 Å². The number of likely N-dealkylation sites (N-methyl/N-ethyl adjacent to an activating group) is 1. The number of carbonyl (C=O) groups is 3. The molecule has 0 bridgehead atoms. The number of urea groups is 1. The normalized spacial score (nSPS) is 10.7. The zero-order valence-corrected chi connectivity index (χ0v) is 24.2. The van der Waals surface area contributed by atoms with Gasteiger partial charge in [0.05, 0.1) is 46.3 Å². The average Bonchev–Trinajstić information content (AvgIpc) is 2.96. The summed E-state index contributed by atoms with van der Waals surface area (Å²) in [6.45, 7) is 3.45. The van der Waals surface area contributed by atoms with E-state index >= 15 is 0 Å². The molecule has 11 heteroatoms. The third-order valence-corrected chi connectivity index (χ3v) is 6.99. The Morgan fingerprint density at radius 1 is 1.00 bits per heavy atom. The van der Waals surface area contributed by atoms with Crippen LogP contribution in [0.15, 0.2) is 66.7 Å². The fraction of sp³-hybridized carbons (Fsp3) is 0.200. The van der Waals surface area contributed by atoms with Crippen LogP contribution < -0.4 is 20.3 Å². The SMILES string of the molecule is CCOC(=O)c1ccccc1NC(=O)NCC(=O)N(C)c1ccc(Cl)c(COc2cc3ccccc3nc2C)c1Cl. The second kappa shape index (κ2) is 13.3. The molecule has 0 aliphatic carbocycles. The highest BCUT2D eigenvalue weighted by Gasteiger charge is 2.20. The smallest absolute Gasteiger partial charge is 0.340 e. The second-order valence-corrected chi connectivity index (χ2v) is 9.72. The number of esters is 1. The summed E-state index contributed by atoms with van der Waals surface area (Å²) in [5, 5.41) is 6.63. The molecular weight excluding hydrogens is 567 g/mol. The number of pyridine rings is 1. The largest absolute Gasteiger partial charge is 0.487 e. The van der Waals surface area contributed by atoms with Crippen molar-refractivity contribution in [2.45, 2.75) is 20.5 Å². The minimum Gasteiger partial charge on any atom is -0.487 e. The van der Waals surface area contributed by atoms with Crippen molar-refractivity contribution >= 4 is 63.4 Å². The molecule has 0 fully saturated rings. The Morgan fingerprint density at radius 2 is 1.73 bits per heavy atom. The van der Waals surface area contributed by atoms with Gasteiger partial charge in [0.1, 0.15) is 12.4 Å². The van der Waals surface area contributed by atoms with E-state index in [1.807, 2.05) is 37.3 Å². The van der Waals surface area contributed by atoms with Crippen molar-refractivity contribution in [1.29, 1.82) is 0 Å². The monoisotopic (exact) mass is 594 g/mol.